The molecule has 0 aliphatic carbocycles. The number of thiophene rings is 1. The Kier molecular flexibility index (Phi) is 3.39. The van der Waals surface area contributed by atoms with Gasteiger partial charge in [-0.2, -0.15) is 0 Å². The third-order valence-electron chi connectivity index (χ3n) is 4.11. The van der Waals surface area contributed by atoms with Crippen molar-refractivity contribution in [3.05, 3.63) is 60.3 Å². The molecule has 2 aliphatic rings. The summed E-state index contributed by atoms with van der Waals surface area (Å²) in [6.45, 7) is 1.24. The Bertz CT molecular complexity index is 1120. The Balaban J connectivity index is 1.51. The van der Waals surface area contributed by atoms with Crippen LogP contribution in [0.3, 0.4) is 0 Å². The molecule has 3 aromatic rings. The second kappa shape index (κ2) is 5.75. The highest BCUT2D eigenvalue weighted by atomic mass is 32.1. The van der Waals surface area contributed by atoms with Crippen LogP contribution in [0.2, 0.25) is 0 Å². The zero-order chi connectivity index (χ0) is 16.8. The number of hydrogen-bond acceptors (Lipinski definition) is 7. The zero-order valence-electron chi connectivity index (χ0n) is 13.0. The molecule has 4 heterocycles. The molecule has 5 rings (SSSR count). The van der Waals surface area contributed by atoms with Crippen molar-refractivity contribution >= 4 is 34.4 Å². The Morgan fingerprint density at radius 3 is 3.00 bits per heavy atom. The Labute approximate surface area is 150 Å². The molecule has 1 aromatic carbocycles. The molecule has 2 aromatic heterocycles. The number of thiazole rings is 1. The molecular formula is C17H13N3O3S2. The average molecular weight is 371 g/mol. The SMILES string of the molecule is O=c1/c(=C\c2cccs2)sc2n1CN(c1ccc3c(c1)OCO3)CN=2. The molecule has 8 heteroatoms. The number of anilines is 1. The van der Waals surface area contributed by atoms with Gasteiger partial charge >= 0.3 is 0 Å². The van der Waals surface area contributed by atoms with Crippen molar-refractivity contribution in [2.45, 2.75) is 6.67 Å². The molecule has 0 atom stereocenters. The van der Waals surface area contributed by atoms with E-state index in [1.165, 1.54) is 11.3 Å². The number of ether oxygens (including phenoxy) is 2. The van der Waals surface area contributed by atoms with Gasteiger partial charge in [0.05, 0.1) is 4.53 Å². The molecule has 0 amide bonds. The molecule has 0 radical (unpaired) electrons. The van der Waals surface area contributed by atoms with E-state index in [2.05, 4.69) is 4.99 Å². The van der Waals surface area contributed by atoms with Crippen molar-refractivity contribution in [3.8, 4) is 11.5 Å². The van der Waals surface area contributed by atoms with Crippen LogP contribution < -0.4 is 29.3 Å². The summed E-state index contributed by atoms with van der Waals surface area (Å²) >= 11 is 3.06. The summed E-state index contributed by atoms with van der Waals surface area (Å²) in [4.78, 5) is 21.2. The number of rotatable bonds is 2. The Hall–Kier alpha value is -2.58. The summed E-state index contributed by atoms with van der Waals surface area (Å²) < 4.78 is 13.2. The maximum absolute atomic E-state index is 12.7. The van der Waals surface area contributed by atoms with Crippen LogP contribution in [0, 0.1) is 0 Å². The van der Waals surface area contributed by atoms with Crippen LogP contribution >= 0.6 is 22.7 Å². The van der Waals surface area contributed by atoms with Gasteiger partial charge in [-0.3, -0.25) is 9.36 Å². The maximum atomic E-state index is 12.7. The van der Waals surface area contributed by atoms with Crippen LogP contribution in [0.1, 0.15) is 4.88 Å². The fourth-order valence-corrected chi connectivity index (χ4v) is 4.54. The predicted molar refractivity (Wildman–Crippen MR) is 97.2 cm³/mol. The minimum Gasteiger partial charge on any atom is -0.454 e. The molecule has 25 heavy (non-hydrogen) atoms. The van der Waals surface area contributed by atoms with E-state index < -0.39 is 0 Å². The first kappa shape index (κ1) is 14.7. The third-order valence-corrected chi connectivity index (χ3v) is 5.98. The number of aromatic nitrogens is 1. The van der Waals surface area contributed by atoms with Gasteiger partial charge in [-0.25, -0.2) is 4.99 Å². The molecular weight excluding hydrogens is 358 g/mol. The van der Waals surface area contributed by atoms with Gasteiger partial charge < -0.3 is 14.4 Å². The van der Waals surface area contributed by atoms with Crippen molar-refractivity contribution in [3.63, 3.8) is 0 Å². The molecule has 126 valence electrons. The van der Waals surface area contributed by atoms with Crippen LogP contribution in [0.15, 0.2) is 45.5 Å². The second-order valence-electron chi connectivity index (χ2n) is 5.66. The van der Waals surface area contributed by atoms with Crippen molar-refractivity contribution in [1.29, 1.82) is 0 Å². The first-order valence-corrected chi connectivity index (χ1v) is 9.41. The number of fused-ring (bicyclic) bond motifs is 2. The first-order chi connectivity index (χ1) is 12.3. The number of nitrogens with zero attached hydrogens (tertiary/aromatic N) is 3. The fraction of sp³-hybridized carbons (Fsp3) is 0.176. The molecule has 0 saturated carbocycles. The fourth-order valence-electron chi connectivity index (χ4n) is 2.86. The second-order valence-corrected chi connectivity index (χ2v) is 7.65. The normalized spacial score (nSPS) is 16.0. The van der Waals surface area contributed by atoms with E-state index in [9.17, 15) is 4.79 Å². The van der Waals surface area contributed by atoms with Crippen LogP contribution in [-0.4, -0.2) is 18.0 Å². The van der Waals surface area contributed by atoms with E-state index in [0.29, 0.717) is 17.9 Å². The summed E-state index contributed by atoms with van der Waals surface area (Å²) in [5.41, 5.74) is 0.961. The van der Waals surface area contributed by atoms with Crippen molar-refractivity contribution in [1.82, 2.24) is 4.57 Å². The van der Waals surface area contributed by atoms with E-state index >= 15 is 0 Å². The van der Waals surface area contributed by atoms with Crippen LogP contribution in [0.5, 0.6) is 11.5 Å². The molecule has 0 bridgehead atoms. The molecule has 0 spiro atoms. The monoisotopic (exact) mass is 371 g/mol. The summed E-state index contributed by atoms with van der Waals surface area (Å²) in [7, 11) is 0. The van der Waals surface area contributed by atoms with Gasteiger partial charge in [0.1, 0.15) is 13.3 Å². The topological polar surface area (TPSA) is 56.1 Å². The summed E-state index contributed by atoms with van der Waals surface area (Å²) in [5, 5.41) is 2.00. The number of hydrogen-bond donors (Lipinski definition) is 0. The van der Waals surface area contributed by atoms with Gasteiger partial charge in [-0.05, 0) is 29.7 Å². The van der Waals surface area contributed by atoms with Gasteiger partial charge in [0.2, 0.25) is 6.79 Å². The average Bonchev–Trinajstić information content (AvgIpc) is 3.36. The van der Waals surface area contributed by atoms with Crippen molar-refractivity contribution in [2.24, 2.45) is 4.99 Å². The van der Waals surface area contributed by atoms with Gasteiger partial charge in [0.25, 0.3) is 5.56 Å². The highest BCUT2D eigenvalue weighted by molar-refractivity contribution is 7.11. The Morgan fingerprint density at radius 2 is 2.12 bits per heavy atom. The summed E-state index contributed by atoms with van der Waals surface area (Å²) in [5.74, 6) is 1.48. The lowest BCUT2D eigenvalue weighted by atomic mass is 10.2. The minimum atomic E-state index is 0.00240. The van der Waals surface area contributed by atoms with Gasteiger partial charge in [-0.15, -0.1) is 11.3 Å². The van der Waals surface area contributed by atoms with Crippen LogP contribution in [0.25, 0.3) is 6.08 Å². The lowest BCUT2D eigenvalue weighted by molar-refractivity contribution is 0.174. The Morgan fingerprint density at radius 1 is 1.20 bits per heavy atom. The van der Waals surface area contributed by atoms with Gasteiger partial charge in [0, 0.05) is 16.6 Å². The smallest absolute Gasteiger partial charge is 0.271 e. The van der Waals surface area contributed by atoms with E-state index in [-0.39, 0.29) is 12.4 Å². The largest absolute Gasteiger partial charge is 0.454 e. The molecule has 0 unspecified atom stereocenters. The molecule has 6 nitrogen and oxygen atoms in total. The maximum Gasteiger partial charge on any atom is 0.271 e. The lowest BCUT2D eigenvalue weighted by Crippen LogP contribution is -2.42. The van der Waals surface area contributed by atoms with Crippen molar-refractivity contribution < 1.29 is 9.47 Å². The first-order valence-electron chi connectivity index (χ1n) is 7.72. The van der Waals surface area contributed by atoms with Crippen LogP contribution in [0.4, 0.5) is 5.69 Å². The molecule has 2 aliphatic heterocycles. The lowest BCUT2D eigenvalue weighted by Gasteiger charge is -2.25. The molecule has 0 N–H and O–H groups in total. The minimum absolute atomic E-state index is 0.00240. The van der Waals surface area contributed by atoms with E-state index in [0.717, 1.165) is 26.9 Å². The van der Waals surface area contributed by atoms with Gasteiger partial charge in [-0.1, -0.05) is 17.4 Å². The standard InChI is InChI=1S/C17H13N3O3S2/c21-16-15(7-12-2-1-5-24-12)25-17-18-8-19(9-20(16)17)11-3-4-13-14(6-11)23-10-22-13/h1-7H,8-10H2/b15-7+. The van der Waals surface area contributed by atoms with E-state index in [1.807, 2.05) is 46.7 Å². The quantitative estimate of drug-likeness (QED) is 0.686. The van der Waals surface area contributed by atoms with Gasteiger partial charge in [0.15, 0.2) is 16.3 Å². The van der Waals surface area contributed by atoms with Crippen molar-refractivity contribution in [2.75, 3.05) is 18.4 Å². The summed E-state index contributed by atoms with van der Waals surface area (Å²) in [6.07, 6.45) is 1.93. The van der Waals surface area contributed by atoms with Crippen LogP contribution in [-0.2, 0) is 6.67 Å². The summed E-state index contributed by atoms with van der Waals surface area (Å²) in [6, 6.07) is 9.76. The number of benzene rings is 1. The van der Waals surface area contributed by atoms with E-state index in [1.54, 1.807) is 15.9 Å². The third kappa shape index (κ3) is 2.54. The zero-order valence-corrected chi connectivity index (χ0v) is 14.7. The molecule has 0 saturated heterocycles. The molecule has 0 fully saturated rings. The highest BCUT2D eigenvalue weighted by Gasteiger charge is 2.19. The highest BCUT2D eigenvalue weighted by Crippen LogP contribution is 2.35. The van der Waals surface area contributed by atoms with E-state index in [4.69, 9.17) is 9.47 Å². The predicted octanol–water partition coefficient (Wildman–Crippen LogP) is 1.58.